The van der Waals surface area contributed by atoms with Gasteiger partial charge in [-0.1, -0.05) is 48.1 Å². The highest BCUT2D eigenvalue weighted by Gasteiger charge is 2.39. The number of hydrogen-bond donors (Lipinski definition) is 2. The molecule has 0 aromatic carbocycles. The fraction of sp³-hybridized carbons (Fsp3) is 0.600. The fourth-order valence-corrected chi connectivity index (χ4v) is 4.07. The van der Waals surface area contributed by atoms with Crippen LogP contribution >= 0.6 is 0 Å². The van der Waals surface area contributed by atoms with Crippen LogP contribution in [0.4, 0.5) is 0 Å². The Hall–Kier alpha value is -1.98. The van der Waals surface area contributed by atoms with Crippen LogP contribution in [0.2, 0.25) is 0 Å². The molecule has 4 atom stereocenters. The number of allylic oxidation sites excluding steroid dienone is 5. The molecule has 5 heteroatoms. The monoisotopic (exact) mass is 416 g/mol. The molecule has 0 amide bonds. The van der Waals surface area contributed by atoms with Crippen molar-refractivity contribution in [1.29, 1.82) is 0 Å². The zero-order valence-electron chi connectivity index (χ0n) is 18.3. The SMILES string of the molecule is COC(=O)CC/C=C/CC[C@H]1C(=O)C[C@@H](O)[C@@H]1/C=C/C[C@](C)(O)/C=C\C1=CCCC1. The van der Waals surface area contributed by atoms with Crippen molar-refractivity contribution in [1.82, 2.24) is 0 Å². The maximum atomic E-state index is 12.3. The molecule has 2 rings (SSSR count). The standard InChI is InChI=1S/C25H36O5/c1-25(29,17-15-19-10-7-8-11-19)16-9-13-21-20(22(26)18-23(21)27)12-5-3-4-6-14-24(28)30-2/h3-4,9-10,13,15,17,20-21,23,27,29H,5-8,11-12,14,16,18H2,1-2H3/b4-3+,13-9+,17-15-/t20-,21-,23-,25+/m1/s1. The Morgan fingerprint density at radius 1 is 1.30 bits per heavy atom. The number of carbonyl (C=O) groups excluding carboxylic acids is 2. The average Bonchev–Trinajstić information content (AvgIpc) is 3.31. The number of rotatable bonds is 11. The van der Waals surface area contributed by atoms with Gasteiger partial charge in [0, 0.05) is 24.7 Å². The van der Waals surface area contributed by atoms with E-state index in [-0.39, 0.29) is 30.0 Å². The summed E-state index contributed by atoms with van der Waals surface area (Å²) in [5.74, 6) is -0.548. The van der Waals surface area contributed by atoms with Crippen LogP contribution in [0.25, 0.3) is 0 Å². The zero-order valence-corrected chi connectivity index (χ0v) is 18.3. The third kappa shape index (κ3) is 8.04. The number of carbonyl (C=O) groups is 2. The van der Waals surface area contributed by atoms with Crippen molar-refractivity contribution in [3.8, 4) is 0 Å². The predicted molar refractivity (Wildman–Crippen MR) is 118 cm³/mol. The lowest BCUT2D eigenvalue weighted by Crippen LogP contribution is -2.21. The minimum absolute atomic E-state index is 0.0972. The number of ketones is 1. The summed E-state index contributed by atoms with van der Waals surface area (Å²) in [5, 5.41) is 20.9. The molecule has 0 saturated heterocycles. The zero-order chi connectivity index (χ0) is 22.0. The summed E-state index contributed by atoms with van der Waals surface area (Å²) in [7, 11) is 1.37. The van der Waals surface area contributed by atoms with Gasteiger partial charge in [-0.05, 0) is 51.9 Å². The second-order valence-electron chi connectivity index (χ2n) is 8.58. The lowest BCUT2D eigenvalue weighted by Gasteiger charge is -2.19. The van der Waals surface area contributed by atoms with Crippen molar-refractivity contribution < 1.29 is 24.5 Å². The van der Waals surface area contributed by atoms with Gasteiger partial charge in [-0.2, -0.15) is 0 Å². The van der Waals surface area contributed by atoms with Crippen molar-refractivity contribution >= 4 is 11.8 Å². The molecule has 0 aromatic heterocycles. The Morgan fingerprint density at radius 3 is 2.77 bits per heavy atom. The molecule has 2 N–H and O–H groups in total. The predicted octanol–water partition coefficient (Wildman–Crippen LogP) is 4.21. The quantitative estimate of drug-likeness (QED) is 0.389. The van der Waals surface area contributed by atoms with Crippen molar-refractivity contribution in [2.45, 2.75) is 76.4 Å². The first-order valence-corrected chi connectivity index (χ1v) is 11.0. The van der Waals surface area contributed by atoms with Gasteiger partial charge >= 0.3 is 5.97 Å². The normalized spacial score (nSPS) is 26.7. The minimum Gasteiger partial charge on any atom is -0.469 e. The minimum atomic E-state index is -0.953. The van der Waals surface area contributed by atoms with Crippen LogP contribution in [0.3, 0.4) is 0 Å². The molecule has 0 aliphatic heterocycles. The lowest BCUT2D eigenvalue weighted by molar-refractivity contribution is -0.140. The highest BCUT2D eigenvalue weighted by Crippen LogP contribution is 2.34. The summed E-state index contributed by atoms with van der Waals surface area (Å²) in [5.41, 5.74) is 0.321. The molecule has 30 heavy (non-hydrogen) atoms. The van der Waals surface area contributed by atoms with E-state index >= 15 is 0 Å². The maximum Gasteiger partial charge on any atom is 0.305 e. The van der Waals surface area contributed by atoms with E-state index in [4.69, 9.17) is 0 Å². The molecule has 1 fully saturated rings. The van der Waals surface area contributed by atoms with Gasteiger partial charge in [-0.3, -0.25) is 9.59 Å². The van der Waals surface area contributed by atoms with Gasteiger partial charge in [0.2, 0.25) is 0 Å². The van der Waals surface area contributed by atoms with Gasteiger partial charge < -0.3 is 14.9 Å². The number of hydrogen-bond acceptors (Lipinski definition) is 5. The number of aliphatic hydroxyl groups excluding tert-OH is 1. The number of aliphatic hydroxyl groups is 2. The number of methoxy groups -OCH3 is 1. The van der Waals surface area contributed by atoms with E-state index in [2.05, 4.69) is 10.8 Å². The fourth-order valence-electron chi connectivity index (χ4n) is 4.07. The van der Waals surface area contributed by atoms with Gasteiger partial charge in [0.25, 0.3) is 0 Å². The Morgan fingerprint density at radius 2 is 2.07 bits per heavy atom. The highest BCUT2D eigenvalue weighted by atomic mass is 16.5. The molecule has 0 aromatic rings. The first kappa shape index (κ1) is 24.3. The van der Waals surface area contributed by atoms with Crippen LogP contribution < -0.4 is 0 Å². The summed E-state index contributed by atoms with van der Waals surface area (Å²) in [6.07, 6.45) is 19.4. The average molecular weight is 417 g/mol. The van der Waals surface area contributed by atoms with Crippen molar-refractivity contribution in [3.05, 3.63) is 48.1 Å². The van der Waals surface area contributed by atoms with Gasteiger partial charge in [-0.15, -0.1) is 0 Å². The summed E-state index contributed by atoms with van der Waals surface area (Å²) < 4.78 is 4.60. The van der Waals surface area contributed by atoms with Gasteiger partial charge in [0.05, 0.1) is 18.8 Å². The number of esters is 1. The van der Waals surface area contributed by atoms with Gasteiger partial charge in [0.15, 0.2) is 0 Å². The summed E-state index contributed by atoms with van der Waals surface area (Å²) in [6.45, 7) is 1.77. The Labute approximate surface area is 180 Å². The Bertz CT molecular complexity index is 698. The molecule has 166 valence electrons. The van der Waals surface area contributed by atoms with Crippen molar-refractivity contribution in [2.24, 2.45) is 11.8 Å². The summed E-state index contributed by atoms with van der Waals surface area (Å²) in [4.78, 5) is 23.4. The topological polar surface area (TPSA) is 83.8 Å². The summed E-state index contributed by atoms with van der Waals surface area (Å²) in [6, 6.07) is 0. The van der Waals surface area contributed by atoms with Crippen LogP contribution in [0.15, 0.2) is 48.1 Å². The van der Waals surface area contributed by atoms with Crippen molar-refractivity contribution in [3.63, 3.8) is 0 Å². The first-order chi connectivity index (χ1) is 14.3. The second kappa shape index (κ2) is 12.0. The lowest BCUT2D eigenvalue weighted by atomic mass is 9.88. The Balaban J connectivity index is 1.83. The van der Waals surface area contributed by atoms with Crippen LogP contribution in [0, 0.1) is 11.8 Å². The van der Waals surface area contributed by atoms with E-state index in [0.717, 1.165) is 19.3 Å². The van der Waals surface area contributed by atoms with E-state index in [1.807, 2.05) is 36.5 Å². The smallest absolute Gasteiger partial charge is 0.305 e. The molecule has 2 aliphatic carbocycles. The van der Waals surface area contributed by atoms with Gasteiger partial charge in [-0.25, -0.2) is 0 Å². The molecule has 0 spiro atoms. The molecule has 0 unspecified atom stereocenters. The molecule has 2 aliphatic rings. The van der Waals surface area contributed by atoms with Crippen LogP contribution in [0.5, 0.6) is 0 Å². The van der Waals surface area contributed by atoms with E-state index in [1.165, 1.54) is 19.1 Å². The third-order valence-corrected chi connectivity index (χ3v) is 5.91. The molecule has 0 bridgehead atoms. The van der Waals surface area contributed by atoms with E-state index in [1.54, 1.807) is 6.92 Å². The third-order valence-electron chi connectivity index (χ3n) is 5.91. The molecule has 5 nitrogen and oxygen atoms in total. The van der Waals surface area contributed by atoms with E-state index < -0.39 is 11.7 Å². The molecule has 0 heterocycles. The number of ether oxygens (including phenoxy) is 1. The second-order valence-corrected chi connectivity index (χ2v) is 8.58. The van der Waals surface area contributed by atoms with Crippen LogP contribution in [0.1, 0.15) is 64.7 Å². The summed E-state index contributed by atoms with van der Waals surface area (Å²) >= 11 is 0. The van der Waals surface area contributed by atoms with Gasteiger partial charge in [0.1, 0.15) is 5.78 Å². The molecule has 1 saturated carbocycles. The molecular formula is C25H36O5. The molecular weight excluding hydrogens is 380 g/mol. The Kier molecular flexibility index (Phi) is 9.73. The van der Waals surface area contributed by atoms with Crippen LogP contribution in [-0.2, 0) is 14.3 Å². The largest absolute Gasteiger partial charge is 0.469 e. The molecule has 0 radical (unpaired) electrons. The van der Waals surface area contributed by atoms with Crippen LogP contribution in [-0.4, -0.2) is 40.8 Å². The van der Waals surface area contributed by atoms with E-state index in [0.29, 0.717) is 25.7 Å². The van der Waals surface area contributed by atoms with E-state index in [9.17, 15) is 19.8 Å². The first-order valence-electron chi connectivity index (χ1n) is 11.0. The number of Topliss-reactive ketones (excluding diaryl/α,β-unsaturated/α-hetero) is 1. The maximum absolute atomic E-state index is 12.3. The highest BCUT2D eigenvalue weighted by molar-refractivity contribution is 5.84. The van der Waals surface area contributed by atoms with Crippen molar-refractivity contribution in [2.75, 3.05) is 7.11 Å².